The van der Waals surface area contributed by atoms with E-state index in [2.05, 4.69) is 42.8 Å². The molecule has 0 atom stereocenters. The number of anilines is 1. The molecule has 0 aromatic carbocycles. The van der Waals surface area contributed by atoms with Gasteiger partial charge >= 0.3 is 6.18 Å². The summed E-state index contributed by atoms with van der Waals surface area (Å²) in [6, 6.07) is 1.57. The topological polar surface area (TPSA) is 69.6 Å². The molecule has 0 aliphatic heterocycles. The van der Waals surface area contributed by atoms with E-state index in [-0.39, 0.29) is 28.2 Å². The summed E-state index contributed by atoms with van der Waals surface area (Å²) >= 11 is 0. The molecular formula is C19H24F3N5. The average Bonchev–Trinajstić information content (AvgIpc) is 2.82. The summed E-state index contributed by atoms with van der Waals surface area (Å²) in [5.41, 5.74) is 5.91. The number of allylic oxidation sites excluding steroid dienone is 1. The molecule has 0 saturated heterocycles. The average molecular weight is 379 g/mol. The van der Waals surface area contributed by atoms with Gasteiger partial charge in [-0.3, -0.25) is 0 Å². The summed E-state index contributed by atoms with van der Waals surface area (Å²) in [5, 5.41) is 3.69. The fourth-order valence-corrected chi connectivity index (χ4v) is 4.37. The fraction of sp³-hybridized carbons (Fsp3) is 0.526. The minimum atomic E-state index is -4.62. The van der Waals surface area contributed by atoms with Gasteiger partial charge in [0.15, 0.2) is 5.69 Å². The fourth-order valence-electron chi connectivity index (χ4n) is 4.37. The van der Waals surface area contributed by atoms with E-state index in [0.29, 0.717) is 0 Å². The maximum absolute atomic E-state index is 13.6. The van der Waals surface area contributed by atoms with Gasteiger partial charge in [0, 0.05) is 18.0 Å². The molecule has 2 heterocycles. The Bertz CT molecular complexity index is 845. The molecule has 1 saturated carbocycles. The zero-order valence-electron chi connectivity index (χ0n) is 15.9. The third-order valence-electron chi connectivity index (χ3n) is 4.69. The molecule has 0 spiro atoms. The Labute approximate surface area is 156 Å². The smallest absolute Gasteiger partial charge is 0.383 e. The Morgan fingerprint density at radius 2 is 1.63 bits per heavy atom. The second-order valence-electron chi connectivity index (χ2n) is 8.77. The van der Waals surface area contributed by atoms with Gasteiger partial charge in [-0.2, -0.15) is 23.0 Å². The highest BCUT2D eigenvalue weighted by Gasteiger charge is 2.40. The zero-order chi connectivity index (χ0) is 20.0. The van der Waals surface area contributed by atoms with Gasteiger partial charge in [0.2, 0.25) is 0 Å². The van der Waals surface area contributed by atoms with E-state index in [1.165, 1.54) is 12.4 Å². The third-order valence-corrected chi connectivity index (χ3v) is 4.69. The largest absolute Gasteiger partial charge is 0.435 e. The second kappa shape index (κ2) is 6.35. The van der Waals surface area contributed by atoms with Gasteiger partial charge in [-0.25, -0.2) is 9.97 Å². The highest BCUT2D eigenvalue weighted by atomic mass is 19.4. The maximum atomic E-state index is 13.6. The Morgan fingerprint density at radius 3 is 2.15 bits per heavy atom. The lowest BCUT2D eigenvalue weighted by atomic mass is 9.63. The Hall–Kier alpha value is -2.38. The molecule has 1 aliphatic rings. The molecule has 2 aromatic rings. The molecule has 1 fully saturated rings. The predicted octanol–water partition coefficient (Wildman–Crippen LogP) is 4.88. The van der Waals surface area contributed by atoms with Crippen LogP contribution in [0, 0.1) is 10.8 Å². The van der Waals surface area contributed by atoms with Crippen molar-refractivity contribution in [2.24, 2.45) is 10.8 Å². The van der Waals surface area contributed by atoms with Crippen molar-refractivity contribution in [1.82, 2.24) is 19.7 Å². The van der Waals surface area contributed by atoms with Crippen LogP contribution in [0.3, 0.4) is 0 Å². The first-order valence-corrected chi connectivity index (χ1v) is 8.81. The Kier molecular flexibility index (Phi) is 4.56. The first kappa shape index (κ1) is 19.4. The number of rotatable bonds is 2. The molecule has 2 N–H and O–H groups in total. The molecule has 1 aliphatic carbocycles. The van der Waals surface area contributed by atoms with E-state index in [4.69, 9.17) is 5.73 Å². The van der Waals surface area contributed by atoms with Crippen LogP contribution in [0.1, 0.15) is 58.2 Å². The number of alkyl halides is 3. The van der Waals surface area contributed by atoms with Crippen molar-refractivity contribution >= 4 is 11.9 Å². The van der Waals surface area contributed by atoms with Gasteiger partial charge in [0.25, 0.3) is 5.95 Å². The molecule has 0 amide bonds. The lowest BCUT2D eigenvalue weighted by Gasteiger charge is -2.42. The van der Waals surface area contributed by atoms with Crippen molar-refractivity contribution in [3.63, 3.8) is 0 Å². The number of aromatic nitrogens is 4. The van der Waals surface area contributed by atoms with Crippen LogP contribution in [0.4, 0.5) is 19.0 Å². The van der Waals surface area contributed by atoms with Gasteiger partial charge in [0.05, 0.1) is 0 Å². The summed E-state index contributed by atoms with van der Waals surface area (Å²) in [4.78, 5) is 7.92. The van der Waals surface area contributed by atoms with Gasteiger partial charge in [-0.05, 0) is 42.2 Å². The number of halogens is 3. The minimum absolute atomic E-state index is 0.00875. The zero-order valence-corrected chi connectivity index (χ0v) is 15.9. The van der Waals surface area contributed by atoms with Crippen LogP contribution in [0.15, 0.2) is 24.0 Å². The van der Waals surface area contributed by atoms with Crippen LogP contribution in [-0.4, -0.2) is 19.7 Å². The summed E-state index contributed by atoms with van der Waals surface area (Å²) in [7, 11) is 0. The number of hydrogen-bond donors (Lipinski definition) is 1. The van der Waals surface area contributed by atoms with E-state index in [9.17, 15) is 13.2 Å². The lowest BCUT2D eigenvalue weighted by Crippen LogP contribution is -2.29. The SMILES string of the molecule is CC1(C)CC(=Cc2c(C(F)(F)F)nn(-c3ncccn3)c2N)CC(C)(C)C1. The molecule has 2 aromatic heterocycles. The summed E-state index contributed by atoms with van der Waals surface area (Å²) < 4.78 is 41.8. The first-order valence-electron chi connectivity index (χ1n) is 8.81. The normalized spacial score (nSPS) is 19.1. The summed E-state index contributed by atoms with van der Waals surface area (Å²) in [6.07, 6.45) is 2.26. The number of hydrogen-bond acceptors (Lipinski definition) is 4. The van der Waals surface area contributed by atoms with Gasteiger partial charge < -0.3 is 5.73 Å². The van der Waals surface area contributed by atoms with Crippen LogP contribution in [0.25, 0.3) is 12.0 Å². The highest BCUT2D eigenvalue weighted by molar-refractivity contribution is 5.68. The summed E-state index contributed by atoms with van der Waals surface area (Å²) in [6.45, 7) is 8.54. The molecule has 3 rings (SSSR count). The van der Waals surface area contributed by atoms with Gasteiger partial charge in [-0.1, -0.05) is 33.3 Å². The predicted molar refractivity (Wildman–Crippen MR) is 98.0 cm³/mol. The van der Waals surface area contributed by atoms with Crippen molar-refractivity contribution in [2.45, 2.75) is 53.1 Å². The summed E-state index contributed by atoms with van der Waals surface area (Å²) in [5.74, 6) is -0.100. The number of nitrogens with two attached hydrogens (primary N) is 1. The lowest BCUT2D eigenvalue weighted by molar-refractivity contribution is -0.141. The number of nitrogen functional groups attached to an aromatic ring is 1. The van der Waals surface area contributed by atoms with Crippen molar-refractivity contribution in [3.8, 4) is 5.95 Å². The van der Waals surface area contributed by atoms with Crippen LogP contribution in [0.5, 0.6) is 0 Å². The van der Waals surface area contributed by atoms with E-state index in [1.54, 1.807) is 12.1 Å². The molecule has 0 unspecified atom stereocenters. The van der Waals surface area contributed by atoms with Gasteiger partial charge in [0.1, 0.15) is 5.82 Å². The minimum Gasteiger partial charge on any atom is -0.383 e. The molecule has 8 heteroatoms. The van der Waals surface area contributed by atoms with Gasteiger partial charge in [-0.15, -0.1) is 0 Å². The van der Waals surface area contributed by atoms with Crippen LogP contribution < -0.4 is 5.73 Å². The Balaban J connectivity index is 2.13. The maximum Gasteiger partial charge on any atom is 0.435 e. The quantitative estimate of drug-likeness (QED) is 0.807. The van der Waals surface area contributed by atoms with Crippen molar-refractivity contribution in [1.29, 1.82) is 0 Å². The molecule has 146 valence electrons. The molecular weight excluding hydrogens is 355 g/mol. The number of nitrogens with zero attached hydrogens (tertiary/aromatic N) is 4. The molecule has 5 nitrogen and oxygen atoms in total. The van der Waals surface area contributed by atoms with Crippen molar-refractivity contribution < 1.29 is 13.2 Å². The molecule has 27 heavy (non-hydrogen) atoms. The van der Waals surface area contributed by atoms with Crippen molar-refractivity contribution in [3.05, 3.63) is 35.3 Å². The molecule has 0 radical (unpaired) electrons. The molecule has 0 bridgehead atoms. The monoisotopic (exact) mass is 379 g/mol. The van der Waals surface area contributed by atoms with Crippen LogP contribution >= 0.6 is 0 Å². The van der Waals surface area contributed by atoms with E-state index < -0.39 is 11.9 Å². The standard InChI is InChI=1S/C19H24F3N5/c1-17(2)9-12(10-18(3,4)11-17)8-13-14(19(20,21)22)26-27(15(13)23)16-24-6-5-7-25-16/h5-8H,9-11,23H2,1-4H3. The van der Waals surface area contributed by atoms with Crippen LogP contribution in [0.2, 0.25) is 0 Å². The second-order valence-corrected chi connectivity index (χ2v) is 8.77. The van der Waals surface area contributed by atoms with Crippen LogP contribution in [-0.2, 0) is 6.18 Å². The van der Waals surface area contributed by atoms with E-state index in [1.807, 2.05) is 0 Å². The Morgan fingerprint density at radius 1 is 1.07 bits per heavy atom. The first-order chi connectivity index (χ1) is 12.4. The van der Waals surface area contributed by atoms with E-state index >= 15 is 0 Å². The van der Waals surface area contributed by atoms with Crippen molar-refractivity contribution in [2.75, 3.05) is 5.73 Å². The third kappa shape index (κ3) is 4.14. The van der Waals surface area contributed by atoms with E-state index in [0.717, 1.165) is 29.5 Å². The highest BCUT2D eigenvalue weighted by Crippen LogP contribution is 2.49.